The molecule has 0 spiro atoms. The second-order valence-electron chi connectivity index (χ2n) is 8.48. The Balaban J connectivity index is 1.30. The zero-order chi connectivity index (χ0) is 23.9. The fourth-order valence-electron chi connectivity index (χ4n) is 4.49. The number of carbonyl (C=O) groups is 1. The molecule has 1 N–H and O–H groups in total. The maximum Gasteiger partial charge on any atom is 0.226 e. The molecule has 0 radical (unpaired) electrons. The molecule has 174 valence electrons. The summed E-state index contributed by atoms with van der Waals surface area (Å²) in [5.41, 5.74) is 4.24. The van der Waals surface area contributed by atoms with Crippen molar-refractivity contribution in [3.63, 3.8) is 0 Å². The van der Waals surface area contributed by atoms with E-state index in [1.54, 1.807) is 22.9 Å². The van der Waals surface area contributed by atoms with Crippen LogP contribution in [0.5, 0.6) is 5.75 Å². The van der Waals surface area contributed by atoms with Crippen LogP contribution < -0.4 is 10.1 Å². The molecule has 8 heteroatoms. The minimum absolute atomic E-state index is 0.0651. The molecule has 1 aliphatic heterocycles. The second-order valence-corrected chi connectivity index (χ2v) is 9.49. The molecule has 35 heavy (non-hydrogen) atoms. The van der Waals surface area contributed by atoms with Crippen molar-refractivity contribution < 1.29 is 13.9 Å². The van der Waals surface area contributed by atoms with E-state index in [1.807, 2.05) is 55.5 Å². The van der Waals surface area contributed by atoms with E-state index < -0.39 is 0 Å². The van der Waals surface area contributed by atoms with Crippen molar-refractivity contribution >= 4 is 33.3 Å². The van der Waals surface area contributed by atoms with Crippen LogP contribution in [0.4, 0.5) is 10.2 Å². The maximum absolute atomic E-state index is 13.9. The number of anilines is 1. The lowest BCUT2D eigenvalue weighted by Gasteiger charge is -2.24. The number of nitrogens with one attached hydrogen (secondary N) is 1. The number of aromatic nitrogens is 3. The minimum atomic E-state index is -0.287. The van der Waals surface area contributed by atoms with E-state index in [0.717, 1.165) is 27.0 Å². The monoisotopic (exact) mass is 484 g/mol. The number of aryl methyl sites for hydroxylation is 1. The van der Waals surface area contributed by atoms with Crippen molar-refractivity contribution in [3.8, 4) is 10.9 Å². The highest BCUT2D eigenvalue weighted by Crippen LogP contribution is 2.41. The third kappa shape index (κ3) is 3.95. The van der Waals surface area contributed by atoms with Gasteiger partial charge in [0.05, 0.1) is 15.9 Å². The molecule has 1 aliphatic rings. The number of amides is 1. The van der Waals surface area contributed by atoms with Crippen molar-refractivity contribution in [2.75, 3.05) is 5.32 Å². The molecule has 0 saturated carbocycles. The molecule has 1 atom stereocenters. The van der Waals surface area contributed by atoms with E-state index in [0.29, 0.717) is 28.7 Å². The third-order valence-corrected chi connectivity index (χ3v) is 7.21. The van der Waals surface area contributed by atoms with Gasteiger partial charge in [0.2, 0.25) is 11.0 Å². The summed E-state index contributed by atoms with van der Waals surface area (Å²) in [4.78, 5) is 17.4. The lowest BCUT2D eigenvalue weighted by Crippen LogP contribution is -2.24. The van der Waals surface area contributed by atoms with Crippen LogP contribution in [0.1, 0.15) is 34.7 Å². The van der Waals surface area contributed by atoms with Crippen LogP contribution >= 0.6 is 11.3 Å². The Morgan fingerprint density at radius 3 is 2.66 bits per heavy atom. The molecule has 5 aromatic rings. The summed E-state index contributed by atoms with van der Waals surface area (Å²) in [5, 5.41) is 8.48. The fourth-order valence-corrected chi connectivity index (χ4v) is 5.42. The fraction of sp³-hybridized carbons (Fsp3) is 0.148. The van der Waals surface area contributed by atoms with Gasteiger partial charge in [-0.05, 0) is 42.8 Å². The number of ether oxygens (including phenoxy) is 1. The number of thiazole rings is 1. The first-order valence-corrected chi connectivity index (χ1v) is 12.1. The van der Waals surface area contributed by atoms with Gasteiger partial charge in [-0.3, -0.25) is 4.79 Å². The van der Waals surface area contributed by atoms with Gasteiger partial charge < -0.3 is 10.1 Å². The average molecular weight is 485 g/mol. The number of para-hydroxylation sites is 1. The van der Waals surface area contributed by atoms with Crippen LogP contribution in [-0.2, 0) is 11.4 Å². The summed E-state index contributed by atoms with van der Waals surface area (Å²) in [6, 6.07) is 22.1. The Hall–Kier alpha value is -4.04. The number of halogens is 1. The van der Waals surface area contributed by atoms with Crippen LogP contribution in [0, 0.1) is 12.7 Å². The number of hydrogen-bond acceptors (Lipinski definition) is 5. The quantitative estimate of drug-likeness (QED) is 0.333. The van der Waals surface area contributed by atoms with E-state index in [2.05, 4.69) is 5.32 Å². The molecule has 6 nitrogen and oxygen atoms in total. The molecule has 0 unspecified atom stereocenters. The Morgan fingerprint density at radius 1 is 1.09 bits per heavy atom. The topological polar surface area (TPSA) is 69.0 Å². The number of rotatable bonds is 5. The second kappa shape index (κ2) is 8.63. The van der Waals surface area contributed by atoms with Gasteiger partial charge in [-0.1, -0.05) is 53.8 Å². The van der Waals surface area contributed by atoms with Crippen LogP contribution in [-0.4, -0.2) is 20.7 Å². The Bertz CT molecular complexity index is 1520. The van der Waals surface area contributed by atoms with Crippen LogP contribution in [0.25, 0.3) is 15.3 Å². The van der Waals surface area contributed by atoms with E-state index in [-0.39, 0.29) is 24.2 Å². The Kier molecular flexibility index (Phi) is 5.30. The smallest absolute Gasteiger partial charge is 0.226 e. The van der Waals surface area contributed by atoms with Crippen molar-refractivity contribution in [2.24, 2.45) is 0 Å². The molecule has 1 amide bonds. The van der Waals surface area contributed by atoms with Crippen LogP contribution in [0.3, 0.4) is 0 Å². The van der Waals surface area contributed by atoms with Gasteiger partial charge in [0, 0.05) is 23.5 Å². The highest BCUT2D eigenvalue weighted by atomic mass is 32.1. The molecular weight excluding hydrogens is 463 g/mol. The van der Waals surface area contributed by atoms with E-state index in [9.17, 15) is 9.18 Å². The van der Waals surface area contributed by atoms with Gasteiger partial charge in [-0.25, -0.2) is 9.37 Å². The first kappa shape index (κ1) is 21.5. The summed E-state index contributed by atoms with van der Waals surface area (Å²) in [7, 11) is 0. The van der Waals surface area contributed by atoms with E-state index in [4.69, 9.17) is 14.8 Å². The Morgan fingerprint density at radius 2 is 1.86 bits per heavy atom. The Labute approximate surface area is 205 Å². The predicted octanol–water partition coefficient (Wildman–Crippen LogP) is 5.98. The normalized spacial score (nSPS) is 15.1. The maximum atomic E-state index is 13.9. The van der Waals surface area contributed by atoms with Crippen molar-refractivity contribution in [2.45, 2.75) is 25.9 Å². The molecule has 0 bridgehead atoms. The van der Waals surface area contributed by atoms with Crippen molar-refractivity contribution in [3.05, 3.63) is 101 Å². The largest absolute Gasteiger partial charge is 0.489 e. The zero-order valence-electron chi connectivity index (χ0n) is 18.9. The zero-order valence-corrected chi connectivity index (χ0v) is 19.7. The van der Waals surface area contributed by atoms with E-state index >= 15 is 0 Å². The minimum Gasteiger partial charge on any atom is -0.489 e. The first-order chi connectivity index (χ1) is 17.1. The number of hydrogen-bond donors (Lipinski definition) is 1. The summed E-state index contributed by atoms with van der Waals surface area (Å²) in [6.45, 7) is 2.11. The average Bonchev–Trinajstić information content (AvgIpc) is 3.44. The molecule has 6 rings (SSSR count). The van der Waals surface area contributed by atoms with Gasteiger partial charge in [-0.15, -0.1) is 0 Å². The van der Waals surface area contributed by atoms with Crippen LogP contribution in [0.15, 0.2) is 72.8 Å². The molecule has 2 aromatic heterocycles. The molecular formula is C27H21FN4O2S. The molecule has 0 fully saturated rings. The summed E-state index contributed by atoms with van der Waals surface area (Å²) in [6.07, 6.45) is 0.328. The lowest BCUT2D eigenvalue weighted by molar-refractivity contribution is -0.116. The van der Waals surface area contributed by atoms with E-state index in [1.165, 1.54) is 17.4 Å². The molecule has 3 heterocycles. The van der Waals surface area contributed by atoms with Gasteiger partial charge in [0.1, 0.15) is 24.0 Å². The van der Waals surface area contributed by atoms with Crippen LogP contribution in [0.2, 0.25) is 0 Å². The molecule has 0 aliphatic carbocycles. The number of nitrogens with zero attached hydrogens (tertiary/aromatic N) is 3. The highest BCUT2D eigenvalue weighted by Gasteiger charge is 2.33. The van der Waals surface area contributed by atoms with Crippen molar-refractivity contribution in [1.29, 1.82) is 0 Å². The first-order valence-electron chi connectivity index (χ1n) is 11.3. The SMILES string of the molecule is Cc1nn(-c2nc3ccccc3s2)c2c1[C@H](c1ccc(OCc3ccccc3F)cc1)CC(=O)N2. The summed E-state index contributed by atoms with van der Waals surface area (Å²) < 4.78 is 22.5. The standard InChI is InChI=1S/C27H21FN4O2S/c1-16-25-20(17-10-12-19(13-11-17)34-15-18-6-2-3-7-21(18)28)14-24(33)30-26(25)32(31-16)27-29-22-8-4-5-9-23(22)35-27/h2-13,20H,14-15H2,1H3,(H,30,33)/t20-/m0/s1. The van der Waals surface area contributed by atoms with Crippen molar-refractivity contribution in [1.82, 2.24) is 14.8 Å². The third-order valence-electron chi connectivity index (χ3n) is 6.20. The van der Waals surface area contributed by atoms with Gasteiger partial charge in [-0.2, -0.15) is 9.78 Å². The summed E-state index contributed by atoms with van der Waals surface area (Å²) in [5.74, 6) is 0.819. The van der Waals surface area contributed by atoms with Gasteiger partial charge in [0.15, 0.2) is 0 Å². The number of fused-ring (bicyclic) bond motifs is 2. The van der Waals surface area contributed by atoms with Gasteiger partial charge in [0.25, 0.3) is 0 Å². The summed E-state index contributed by atoms with van der Waals surface area (Å²) >= 11 is 1.54. The number of benzene rings is 3. The molecule has 0 saturated heterocycles. The number of carbonyl (C=O) groups excluding carboxylic acids is 1. The molecule has 3 aromatic carbocycles. The lowest BCUT2D eigenvalue weighted by atomic mass is 9.86. The predicted molar refractivity (Wildman–Crippen MR) is 134 cm³/mol. The highest BCUT2D eigenvalue weighted by molar-refractivity contribution is 7.20. The van der Waals surface area contributed by atoms with Gasteiger partial charge >= 0.3 is 0 Å².